The summed E-state index contributed by atoms with van der Waals surface area (Å²) in [6.45, 7) is 0. The Hall–Kier alpha value is -0.820. The van der Waals surface area contributed by atoms with Crippen molar-refractivity contribution in [3.63, 3.8) is 0 Å². The average molecular weight is 302 g/mol. The lowest BCUT2D eigenvalue weighted by Crippen LogP contribution is -2.65. The van der Waals surface area contributed by atoms with Gasteiger partial charge < -0.3 is 9.47 Å². The average Bonchev–Trinajstić information content (AvgIpc) is 3.02. The van der Waals surface area contributed by atoms with E-state index in [1.807, 2.05) is 12.2 Å². The van der Waals surface area contributed by atoms with Gasteiger partial charge in [-0.15, -0.1) is 11.8 Å². The van der Waals surface area contributed by atoms with Crippen LogP contribution in [0.2, 0.25) is 0 Å². The zero-order valence-corrected chi connectivity index (χ0v) is 12.2. The molecular weight excluding hydrogens is 288 g/mol. The summed E-state index contributed by atoms with van der Waals surface area (Å²) in [5, 5.41) is 0.451. The molecule has 19 heavy (non-hydrogen) atoms. The van der Waals surface area contributed by atoms with E-state index >= 15 is 0 Å². The summed E-state index contributed by atoms with van der Waals surface area (Å²) in [6, 6.07) is 0. The van der Waals surface area contributed by atoms with Gasteiger partial charge in [-0.05, 0) is 6.42 Å². The normalized spacial score (nSPS) is 41.1. The summed E-state index contributed by atoms with van der Waals surface area (Å²) in [4.78, 5) is 24.8. The largest absolute Gasteiger partial charge is 0.468 e. The molecule has 1 saturated carbocycles. The number of fused-ring (bicyclic) bond motifs is 3. The molecule has 1 heterocycles. The molecule has 0 aromatic carbocycles. The van der Waals surface area contributed by atoms with Gasteiger partial charge in [0.15, 0.2) is 5.41 Å². The number of ether oxygens (including phenoxy) is 2. The van der Waals surface area contributed by atoms with E-state index in [1.165, 1.54) is 26.0 Å². The Morgan fingerprint density at radius 3 is 2.21 bits per heavy atom. The third-order valence-corrected chi connectivity index (χ3v) is 9.00. The highest BCUT2D eigenvalue weighted by molar-refractivity contribution is 8.27. The molecule has 0 N–H and O–H groups in total. The maximum absolute atomic E-state index is 12.4. The summed E-state index contributed by atoms with van der Waals surface area (Å²) in [6.07, 6.45) is 4.49. The van der Waals surface area contributed by atoms with Gasteiger partial charge in [-0.1, -0.05) is 12.2 Å². The van der Waals surface area contributed by atoms with Crippen molar-refractivity contribution in [1.29, 1.82) is 0 Å². The lowest BCUT2D eigenvalue weighted by molar-refractivity contribution is -0.171. The maximum atomic E-state index is 12.4. The summed E-state index contributed by atoms with van der Waals surface area (Å²) < 4.78 is 21.2. The monoisotopic (exact) mass is 302 g/mol. The Bertz CT molecular complexity index is 498. The van der Waals surface area contributed by atoms with Crippen molar-refractivity contribution in [1.82, 2.24) is 0 Å². The fraction of sp³-hybridized carbons (Fsp3) is 0.667. The number of hydrogen-bond acceptors (Lipinski definition) is 6. The second-order valence-electron chi connectivity index (χ2n) is 4.90. The van der Waals surface area contributed by atoms with Crippen LogP contribution in [0.1, 0.15) is 6.42 Å². The van der Waals surface area contributed by atoms with Crippen LogP contribution in [-0.4, -0.2) is 39.5 Å². The lowest BCUT2D eigenvalue weighted by atomic mass is 9.74. The van der Waals surface area contributed by atoms with Crippen LogP contribution in [-0.2, 0) is 29.9 Å². The molecule has 0 aromatic rings. The molecule has 104 valence electrons. The molecular formula is C12H14O5S2. The first-order valence-corrected chi connectivity index (χ1v) is 8.23. The van der Waals surface area contributed by atoms with E-state index in [4.69, 9.17) is 9.47 Å². The molecule has 3 aliphatic rings. The van der Waals surface area contributed by atoms with Crippen LogP contribution in [0, 0.1) is 17.3 Å². The quantitative estimate of drug-likeness (QED) is 0.424. The van der Waals surface area contributed by atoms with Crippen molar-refractivity contribution in [3.8, 4) is 0 Å². The number of methoxy groups -OCH3 is 2. The Morgan fingerprint density at radius 1 is 1.21 bits per heavy atom. The molecule has 0 amide bonds. The van der Waals surface area contributed by atoms with Gasteiger partial charge in [0.05, 0.1) is 30.1 Å². The van der Waals surface area contributed by atoms with E-state index < -0.39 is 32.2 Å². The molecule has 2 fully saturated rings. The number of allylic oxidation sites excluding steroid dienone is 2. The van der Waals surface area contributed by atoms with Gasteiger partial charge in [-0.2, -0.15) is 0 Å². The van der Waals surface area contributed by atoms with Crippen LogP contribution in [0.25, 0.3) is 0 Å². The molecule has 1 aliphatic heterocycles. The Morgan fingerprint density at radius 2 is 1.79 bits per heavy atom. The molecule has 4 atom stereocenters. The van der Waals surface area contributed by atoms with Crippen molar-refractivity contribution in [2.45, 2.75) is 10.5 Å². The standard InChI is InChI=1S/C12H14O5S2/c1-16-9(13)11(10(14)17-2)7-3-4-8(5-7)12(11)18-6-19(12)15/h3-4,7-8H,5-6H2,1-2H3. The Labute approximate surface area is 117 Å². The number of carbonyl (C=O) groups excluding carboxylic acids is 2. The Balaban J connectivity index is 2.22. The van der Waals surface area contributed by atoms with Crippen molar-refractivity contribution in [2.24, 2.45) is 17.3 Å². The minimum Gasteiger partial charge on any atom is -0.468 e. The molecule has 7 heteroatoms. The predicted molar refractivity (Wildman–Crippen MR) is 70.5 cm³/mol. The van der Waals surface area contributed by atoms with Crippen molar-refractivity contribution < 1.29 is 23.3 Å². The molecule has 2 bridgehead atoms. The number of rotatable bonds is 2. The van der Waals surface area contributed by atoms with E-state index in [1.54, 1.807) is 0 Å². The lowest BCUT2D eigenvalue weighted by Gasteiger charge is -2.50. The van der Waals surface area contributed by atoms with Gasteiger partial charge >= 0.3 is 11.9 Å². The molecule has 4 unspecified atom stereocenters. The van der Waals surface area contributed by atoms with Crippen LogP contribution < -0.4 is 0 Å². The number of thioether (sulfide) groups is 1. The molecule has 1 spiro atoms. The van der Waals surface area contributed by atoms with E-state index in [9.17, 15) is 13.8 Å². The van der Waals surface area contributed by atoms with Crippen LogP contribution in [0.3, 0.4) is 0 Å². The first kappa shape index (κ1) is 13.2. The fourth-order valence-electron chi connectivity index (χ4n) is 3.65. The van der Waals surface area contributed by atoms with Gasteiger partial charge in [0.1, 0.15) is 4.08 Å². The summed E-state index contributed by atoms with van der Waals surface area (Å²) in [5.74, 6) is -1.57. The zero-order chi connectivity index (χ0) is 13.8. The van der Waals surface area contributed by atoms with Crippen LogP contribution >= 0.6 is 11.8 Å². The third-order valence-electron chi connectivity index (χ3n) is 4.41. The van der Waals surface area contributed by atoms with Gasteiger partial charge in [0, 0.05) is 11.8 Å². The zero-order valence-electron chi connectivity index (χ0n) is 10.6. The maximum Gasteiger partial charge on any atom is 0.326 e. The predicted octanol–water partition coefficient (Wildman–Crippen LogP) is 0.674. The van der Waals surface area contributed by atoms with Gasteiger partial charge in [0.25, 0.3) is 0 Å². The topological polar surface area (TPSA) is 69.7 Å². The molecule has 5 nitrogen and oxygen atoms in total. The number of hydrogen-bond donors (Lipinski definition) is 0. The number of carbonyl (C=O) groups is 2. The van der Waals surface area contributed by atoms with E-state index in [0.29, 0.717) is 11.5 Å². The highest BCUT2D eigenvalue weighted by Crippen LogP contribution is 2.70. The first-order chi connectivity index (χ1) is 9.05. The van der Waals surface area contributed by atoms with Gasteiger partial charge in [-0.3, -0.25) is 13.8 Å². The SMILES string of the molecule is COC(=O)C1(C(=O)OC)C2C=CC(C2)C12SCS2=O. The fourth-order valence-corrected chi connectivity index (χ4v) is 7.64. The molecule has 2 aliphatic carbocycles. The minimum absolute atomic E-state index is 0.0321. The second-order valence-corrected chi connectivity index (χ2v) is 8.37. The molecule has 0 aromatic heterocycles. The van der Waals surface area contributed by atoms with E-state index in [0.717, 1.165) is 0 Å². The smallest absolute Gasteiger partial charge is 0.326 e. The second kappa shape index (κ2) is 4.09. The van der Waals surface area contributed by atoms with E-state index in [2.05, 4.69) is 0 Å². The van der Waals surface area contributed by atoms with Gasteiger partial charge in [0.2, 0.25) is 0 Å². The Kier molecular flexibility index (Phi) is 2.83. The van der Waals surface area contributed by atoms with Crippen molar-refractivity contribution >= 4 is 34.5 Å². The third kappa shape index (κ3) is 1.21. The van der Waals surface area contributed by atoms with Crippen LogP contribution in [0.15, 0.2) is 12.2 Å². The van der Waals surface area contributed by atoms with Crippen LogP contribution in [0.5, 0.6) is 0 Å². The van der Waals surface area contributed by atoms with E-state index in [-0.39, 0.29) is 11.8 Å². The first-order valence-electron chi connectivity index (χ1n) is 5.93. The van der Waals surface area contributed by atoms with Crippen molar-refractivity contribution in [2.75, 3.05) is 19.3 Å². The van der Waals surface area contributed by atoms with Crippen molar-refractivity contribution in [3.05, 3.63) is 12.2 Å². The molecule has 3 rings (SSSR count). The highest BCUT2D eigenvalue weighted by Gasteiger charge is 2.80. The highest BCUT2D eigenvalue weighted by atomic mass is 32.3. The van der Waals surface area contributed by atoms with Crippen LogP contribution in [0.4, 0.5) is 0 Å². The number of esters is 2. The summed E-state index contributed by atoms with van der Waals surface area (Å²) in [5.41, 5.74) is -1.45. The molecule has 0 radical (unpaired) electrons. The summed E-state index contributed by atoms with van der Waals surface area (Å²) >= 11 is 1.43. The minimum atomic E-state index is -1.45. The molecule has 1 saturated heterocycles. The van der Waals surface area contributed by atoms with Gasteiger partial charge in [-0.25, -0.2) is 0 Å². The summed E-state index contributed by atoms with van der Waals surface area (Å²) in [7, 11) is 1.28.